The molecule has 104 valence electrons. The standard InChI is InChI=1S/C14H12Cl2N2O2/c1-2-13(19)17-9-6-7-11(10(15)8-9)20-14-5-3-4-12(16)18-14/h3-8H,2H2,1H3,(H,17,19). The Labute approximate surface area is 126 Å². The van der Waals surface area contributed by atoms with Crippen molar-refractivity contribution < 1.29 is 9.53 Å². The van der Waals surface area contributed by atoms with Crippen molar-refractivity contribution >= 4 is 34.8 Å². The number of aromatic nitrogens is 1. The van der Waals surface area contributed by atoms with Crippen molar-refractivity contribution in [3.05, 3.63) is 46.6 Å². The van der Waals surface area contributed by atoms with Crippen LogP contribution in [-0.4, -0.2) is 10.9 Å². The molecule has 0 aliphatic heterocycles. The van der Waals surface area contributed by atoms with Crippen molar-refractivity contribution in [3.63, 3.8) is 0 Å². The number of benzene rings is 1. The van der Waals surface area contributed by atoms with Crippen molar-refractivity contribution in [2.45, 2.75) is 13.3 Å². The topological polar surface area (TPSA) is 51.2 Å². The maximum atomic E-state index is 11.3. The van der Waals surface area contributed by atoms with E-state index in [1.807, 2.05) is 0 Å². The van der Waals surface area contributed by atoms with Crippen LogP contribution in [0.25, 0.3) is 0 Å². The summed E-state index contributed by atoms with van der Waals surface area (Å²) in [6.07, 6.45) is 0.405. The second kappa shape index (κ2) is 6.59. The van der Waals surface area contributed by atoms with Gasteiger partial charge in [0.2, 0.25) is 11.8 Å². The summed E-state index contributed by atoms with van der Waals surface area (Å²) in [5.41, 5.74) is 0.619. The van der Waals surface area contributed by atoms with Gasteiger partial charge in [0.05, 0.1) is 5.02 Å². The molecule has 0 bridgehead atoms. The molecule has 0 atom stereocenters. The quantitative estimate of drug-likeness (QED) is 0.844. The molecule has 1 heterocycles. The Bertz CT molecular complexity index is 632. The summed E-state index contributed by atoms with van der Waals surface area (Å²) in [5.74, 6) is 0.715. The number of rotatable bonds is 4. The third-order valence-electron chi connectivity index (χ3n) is 2.44. The van der Waals surface area contributed by atoms with Gasteiger partial charge in [0, 0.05) is 18.2 Å². The Hall–Kier alpha value is -1.78. The van der Waals surface area contributed by atoms with E-state index in [9.17, 15) is 4.79 Å². The van der Waals surface area contributed by atoms with Gasteiger partial charge in [0.15, 0.2) is 0 Å². The highest BCUT2D eigenvalue weighted by atomic mass is 35.5. The van der Waals surface area contributed by atoms with Crippen LogP contribution >= 0.6 is 23.2 Å². The molecular formula is C14H12Cl2N2O2. The normalized spacial score (nSPS) is 10.2. The number of halogens is 2. The molecule has 0 aliphatic carbocycles. The molecule has 0 fully saturated rings. The van der Waals surface area contributed by atoms with Crippen molar-refractivity contribution in [1.82, 2.24) is 4.98 Å². The molecular weight excluding hydrogens is 299 g/mol. The van der Waals surface area contributed by atoms with Crippen LogP contribution in [0.2, 0.25) is 10.2 Å². The van der Waals surface area contributed by atoms with E-state index in [0.717, 1.165) is 0 Å². The zero-order valence-electron chi connectivity index (χ0n) is 10.7. The molecule has 6 heteroatoms. The van der Waals surface area contributed by atoms with E-state index in [-0.39, 0.29) is 5.91 Å². The summed E-state index contributed by atoms with van der Waals surface area (Å²) in [6, 6.07) is 10.0. The Morgan fingerprint density at radius 1 is 1.30 bits per heavy atom. The van der Waals surface area contributed by atoms with Crippen LogP contribution in [-0.2, 0) is 4.79 Å². The van der Waals surface area contributed by atoms with Gasteiger partial charge in [-0.2, -0.15) is 0 Å². The minimum atomic E-state index is -0.0776. The van der Waals surface area contributed by atoms with Gasteiger partial charge >= 0.3 is 0 Å². The lowest BCUT2D eigenvalue weighted by Gasteiger charge is -2.09. The maximum absolute atomic E-state index is 11.3. The van der Waals surface area contributed by atoms with Crippen LogP contribution in [0.5, 0.6) is 11.6 Å². The highest BCUT2D eigenvalue weighted by Crippen LogP contribution is 2.31. The van der Waals surface area contributed by atoms with Crippen molar-refractivity contribution in [1.29, 1.82) is 0 Å². The first kappa shape index (κ1) is 14.6. The monoisotopic (exact) mass is 310 g/mol. The van der Waals surface area contributed by atoms with Gasteiger partial charge in [0.1, 0.15) is 10.9 Å². The average molecular weight is 311 g/mol. The fourth-order valence-corrected chi connectivity index (χ4v) is 1.85. The fourth-order valence-electron chi connectivity index (χ4n) is 1.47. The number of anilines is 1. The van der Waals surface area contributed by atoms with Crippen LogP contribution in [0, 0.1) is 0 Å². The Morgan fingerprint density at radius 3 is 2.75 bits per heavy atom. The number of nitrogens with one attached hydrogen (secondary N) is 1. The first-order valence-corrected chi connectivity index (χ1v) is 6.74. The molecule has 0 aliphatic rings. The minimum absolute atomic E-state index is 0.0776. The highest BCUT2D eigenvalue weighted by Gasteiger charge is 2.07. The average Bonchev–Trinajstić information content (AvgIpc) is 2.42. The van der Waals surface area contributed by atoms with Gasteiger partial charge in [-0.05, 0) is 24.3 Å². The third-order valence-corrected chi connectivity index (χ3v) is 2.95. The number of hydrogen-bond donors (Lipinski definition) is 1. The van der Waals surface area contributed by atoms with E-state index in [1.165, 1.54) is 0 Å². The molecule has 4 nitrogen and oxygen atoms in total. The molecule has 1 N–H and O–H groups in total. The Morgan fingerprint density at radius 2 is 2.10 bits per heavy atom. The van der Waals surface area contributed by atoms with Crippen LogP contribution < -0.4 is 10.1 Å². The number of hydrogen-bond acceptors (Lipinski definition) is 3. The van der Waals surface area contributed by atoms with Gasteiger partial charge < -0.3 is 10.1 Å². The summed E-state index contributed by atoms with van der Waals surface area (Å²) in [5, 5.41) is 3.43. The van der Waals surface area contributed by atoms with Crippen LogP contribution in [0.3, 0.4) is 0 Å². The molecule has 0 saturated heterocycles. The van der Waals surface area contributed by atoms with Crippen molar-refractivity contribution in [3.8, 4) is 11.6 Å². The Balaban J connectivity index is 2.15. The zero-order chi connectivity index (χ0) is 14.5. The lowest BCUT2D eigenvalue weighted by molar-refractivity contribution is -0.115. The minimum Gasteiger partial charge on any atom is -0.437 e. The predicted molar refractivity (Wildman–Crippen MR) is 79.7 cm³/mol. The predicted octanol–water partition coefficient (Wildman–Crippen LogP) is 4.53. The van der Waals surface area contributed by atoms with Gasteiger partial charge in [0.25, 0.3) is 0 Å². The van der Waals surface area contributed by atoms with Crippen LogP contribution in [0.4, 0.5) is 5.69 Å². The van der Waals surface area contributed by atoms with Crippen molar-refractivity contribution in [2.24, 2.45) is 0 Å². The maximum Gasteiger partial charge on any atom is 0.224 e. The van der Waals surface area contributed by atoms with Crippen LogP contribution in [0.1, 0.15) is 13.3 Å². The van der Waals surface area contributed by atoms with E-state index in [2.05, 4.69) is 10.3 Å². The van der Waals surface area contributed by atoms with E-state index in [1.54, 1.807) is 43.3 Å². The van der Waals surface area contributed by atoms with Crippen LogP contribution in [0.15, 0.2) is 36.4 Å². The van der Waals surface area contributed by atoms with Crippen molar-refractivity contribution in [2.75, 3.05) is 5.32 Å². The fraction of sp³-hybridized carbons (Fsp3) is 0.143. The first-order chi connectivity index (χ1) is 9.58. The second-order valence-corrected chi connectivity index (χ2v) is 4.74. The van der Waals surface area contributed by atoms with E-state index in [4.69, 9.17) is 27.9 Å². The molecule has 1 aromatic heterocycles. The van der Waals surface area contributed by atoms with Gasteiger partial charge in [-0.3, -0.25) is 4.79 Å². The molecule has 0 unspecified atom stereocenters. The smallest absolute Gasteiger partial charge is 0.224 e. The molecule has 2 rings (SSSR count). The molecule has 0 spiro atoms. The number of amides is 1. The van der Waals surface area contributed by atoms with Gasteiger partial charge in [-0.25, -0.2) is 4.98 Å². The SMILES string of the molecule is CCC(=O)Nc1ccc(Oc2cccc(Cl)n2)c(Cl)c1. The summed E-state index contributed by atoms with van der Waals surface area (Å²) in [7, 11) is 0. The summed E-state index contributed by atoms with van der Waals surface area (Å²) >= 11 is 11.9. The summed E-state index contributed by atoms with van der Waals surface area (Å²) in [6.45, 7) is 1.78. The molecule has 1 amide bonds. The lowest BCUT2D eigenvalue weighted by Crippen LogP contribution is -2.09. The lowest BCUT2D eigenvalue weighted by atomic mass is 10.3. The molecule has 0 radical (unpaired) electrons. The van der Waals surface area contributed by atoms with E-state index in [0.29, 0.717) is 33.9 Å². The molecule has 1 aromatic carbocycles. The third kappa shape index (κ3) is 3.85. The largest absolute Gasteiger partial charge is 0.437 e. The Kier molecular flexibility index (Phi) is 4.82. The zero-order valence-corrected chi connectivity index (χ0v) is 12.2. The summed E-state index contributed by atoms with van der Waals surface area (Å²) < 4.78 is 5.54. The van der Waals surface area contributed by atoms with Gasteiger partial charge in [-0.1, -0.05) is 36.2 Å². The number of nitrogens with zero attached hydrogens (tertiary/aromatic N) is 1. The van der Waals surface area contributed by atoms with Gasteiger partial charge in [-0.15, -0.1) is 0 Å². The molecule has 0 saturated carbocycles. The van der Waals surface area contributed by atoms with E-state index >= 15 is 0 Å². The molecule has 20 heavy (non-hydrogen) atoms. The number of carbonyl (C=O) groups is 1. The number of pyridine rings is 1. The number of ether oxygens (including phenoxy) is 1. The highest BCUT2D eigenvalue weighted by molar-refractivity contribution is 6.32. The summed E-state index contributed by atoms with van der Waals surface area (Å²) in [4.78, 5) is 15.3. The van der Waals surface area contributed by atoms with E-state index < -0.39 is 0 Å². The number of carbonyl (C=O) groups excluding carboxylic acids is 1. The second-order valence-electron chi connectivity index (χ2n) is 3.95. The molecule has 2 aromatic rings. The first-order valence-electron chi connectivity index (χ1n) is 5.98.